The summed E-state index contributed by atoms with van der Waals surface area (Å²) in [5, 5.41) is 1.47. The molecule has 3 rings (SSSR count). The van der Waals surface area contributed by atoms with Gasteiger partial charge in [-0.3, -0.25) is 9.59 Å². The van der Waals surface area contributed by atoms with Crippen molar-refractivity contribution in [2.45, 2.75) is 19.4 Å². The lowest BCUT2D eigenvalue weighted by Crippen LogP contribution is -2.43. The number of carbonyl (C=O) groups excluding carboxylic acids is 1. The number of sulfonamides is 1. The van der Waals surface area contributed by atoms with Gasteiger partial charge < -0.3 is 9.47 Å². The maximum absolute atomic E-state index is 12.5. The van der Waals surface area contributed by atoms with Crippen LogP contribution in [0.3, 0.4) is 0 Å². The lowest BCUT2D eigenvalue weighted by molar-refractivity contribution is -0.133. The third kappa shape index (κ3) is 4.50. The predicted octanol–water partition coefficient (Wildman–Crippen LogP) is 0.789. The number of pyridine rings is 1. The van der Waals surface area contributed by atoms with E-state index in [0.717, 1.165) is 24.5 Å². The van der Waals surface area contributed by atoms with E-state index in [-0.39, 0.29) is 23.9 Å². The van der Waals surface area contributed by atoms with Crippen LogP contribution in [0.2, 0.25) is 0 Å². The molecule has 1 N–H and O–H groups in total. The molecule has 1 amide bonds. The summed E-state index contributed by atoms with van der Waals surface area (Å²) in [5.41, 5.74) is -0.163. The number of benzene rings is 1. The molecular formula is C18H23N3O4S. The average Bonchev–Trinajstić information content (AvgIpc) is 2.62. The fourth-order valence-corrected chi connectivity index (χ4v) is 3.79. The van der Waals surface area contributed by atoms with Crippen molar-refractivity contribution in [2.24, 2.45) is 5.92 Å². The summed E-state index contributed by atoms with van der Waals surface area (Å²) in [4.78, 5) is 26.8. The number of nitrogens with zero attached hydrogens (tertiary/aromatic N) is 2. The second-order valence-electron chi connectivity index (χ2n) is 6.78. The first kappa shape index (κ1) is 18.6. The lowest BCUT2D eigenvalue weighted by Gasteiger charge is -2.32. The molecule has 140 valence electrons. The van der Waals surface area contributed by atoms with Crippen LogP contribution in [0.1, 0.15) is 12.8 Å². The van der Waals surface area contributed by atoms with E-state index in [1.165, 1.54) is 4.57 Å². The molecule has 0 saturated carbocycles. The minimum atomic E-state index is -3.19. The minimum absolute atomic E-state index is 0.0237. The molecule has 0 aliphatic carbocycles. The zero-order valence-corrected chi connectivity index (χ0v) is 15.5. The number of aromatic nitrogens is 1. The van der Waals surface area contributed by atoms with Crippen molar-refractivity contribution in [3.63, 3.8) is 0 Å². The highest BCUT2D eigenvalue weighted by atomic mass is 32.2. The van der Waals surface area contributed by atoms with Crippen LogP contribution in [-0.2, 0) is 21.4 Å². The van der Waals surface area contributed by atoms with Crippen molar-refractivity contribution in [2.75, 3.05) is 25.9 Å². The van der Waals surface area contributed by atoms with Crippen molar-refractivity contribution in [3.05, 3.63) is 46.9 Å². The molecule has 2 aromatic rings. The Hall–Kier alpha value is -2.19. The first-order chi connectivity index (χ1) is 12.3. The standard InChI is InChI=1S/C18H23N3O4S/c1-26(24,25)19-12-14-6-9-20(10-7-14)17(22)13-21-11-8-15-4-2-3-5-16(15)18(21)23/h2-5,8,11,14,19H,6-7,9-10,12-13H2,1H3. The van der Waals surface area contributed by atoms with E-state index < -0.39 is 10.0 Å². The van der Waals surface area contributed by atoms with Crippen LogP contribution < -0.4 is 10.3 Å². The highest BCUT2D eigenvalue weighted by Gasteiger charge is 2.23. The Morgan fingerprint density at radius 1 is 1.19 bits per heavy atom. The molecular weight excluding hydrogens is 354 g/mol. The molecule has 1 aliphatic rings. The van der Waals surface area contributed by atoms with Gasteiger partial charge in [-0.25, -0.2) is 13.1 Å². The molecule has 7 nitrogen and oxygen atoms in total. The fraction of sp³-hybridized carbons (Fsp3) is 0.444. The molecule has 2 heterocycles. The van der Waals surface area contributed by atoms with Crippen molar-refractivity contribution < 1.29 is 13.2 Å². The van der Waals surface area contributed by atoms with Gasteiger partial charge in [0.05, 0.1) is 6.26 Å². The average molecular weight is 377 g/mol. The smallest absolute Gasteiger partial charge is 0.258 e. The maximum Gasteiger partial charge on any atom is 0.258 e. The van der Waals surface area contributed by atoms with Gasteiger partial charge in [0, 0.05) is 31.2 Å². The summed E-state index contributed by atoms with van der Waals surface area (Å²) in [7, 11) is -3.19. The molecule has 8 heteroatoms. The molecule has 1 aliphatic heterocycles. The van der Waals surface area contributed by atoms with E-state index in [2.05, 4.69) is 4.72 Å². The SMILES string of the molecule is CS(=O)(=O)NCC1CCN(C(=O)Cn2ccc3ccccc3c2=O)CC1. The third-order valence-electron chi connectivity index (χ3n) is 4.79. The monoisotopic (exact) mass is 377 g/mol. The van der Waals surface area contributed by atoms with Crippen molar-refractivity contribution in [1.29, 1.82) is 0 Å². The third-order valence-corrected chi connectivity index (χ3v) is 5.48. The number of fused-ring (bicyclic) bond motifs is 1. The Balaban J connectivity index is 1.60. The zero-order chi connectivity index (χ0) is 18.7. The van der Waals surface area contributed by atoms with Gasteiger partial charge in [0.25, 0.3) is 5.56 Å². The van der Waals surface area contributed by atoms with Gasteiger partial charge in [-0.15, -0.1) is 0 Å². The van der Waals surface area contributed by atoms with Crippen LogP contribution in [-0.4, -0.2) is 49.7 Å². The Morgan fingerprint density at radius 2 is 1.88 bits per heavy atom. The number of hydrogen-bond acceptors (Lipinski definition) is 4. The number of rotatable bonds is 5. The Labute approximate surface area is 152 Å². The van der Waals surface area contributed by atoms with Gasteiger partial charge in [0.15, 0.2) is 0 Å². The number of carbonyl (C=O) groups is 1. The first-order valence-corrected chi connectivity index (χ1v) is 10.5. The number of likely N-dealkylation sites (tertiary alicyclic amines) is 1. The second-order valence-corrected chi connectivity index (χ2v) is 8.61. The van der Waals surface area contributed by atoms with Gasteiger partial charge in [-0.05, 0) is 36.3 Å². The lowest BCUT2D eigenvalue weighted by atomic mass is 9.97. The maximum atomic E-state index is 12.5. The predicted molar refractivity (Wildman–Crippen MR) is 100 cm³/mol. The molecule has 0 atom stereocenters. The van der Waals surface area contributed by atoms with E-state index in [4.69, 9.17) is 0 Å². The first-order valence-electron chi connectivity index (χ1n) is 8.64. The zero-order valence-electron chi connectivity index (χ0n) is 14.7. The van der Waals surface area contributed by atoms with E-state index in [1.807, 2.05) is 24.3 Å². The van der Waals surface area contributed by atoms with Gasteiger partial charge in [-0.2, -0.15) is 0 Å². The quantitative estimate of drug-likeness (QED) is 0.834. The molecule has 26 heavy (non-hydrogen) atoms. The van der Waals surface area contributed by atoms with E-state index in [0.29, 0.717) is 25.0 Å². The molecule has 0 spiro atoms. The molecule has 1 fully saturated rings. The Morgan fingerprint density at radius 3 is 2.58 bits per heavy atom. The van der Waals surface area contributed by atoms with Crippen LogP contribution in [0, 0.1) is 5.92 Å². The summed E-state index contributed by atoms with van der Waals surface area (Å²) in [5.74, 6) is 0.147. The largest absolute Gasteiger partial charge is 0.341 e. The summed E-state index contributed by atoms with van der Waals surface area (Å²) in [6, 6.07) is 9.16. The van der Waals surface area contributed by atoms with E-state index >= 15 is 0 Å². The van der Waals surface area contributed by atoms with Gasteiger partial charge in [-0.1, -0.05) is 18.2 Å². The topological polar surface area (TPSA) is 88.5 Å². The van der Waals surface area contributed by atoms with Gasteiger partial charge in [0.1, 0.15) is 6.54 Å². The second kappa shape index (κ2) is 7.59. The van der Waals surface area contributed by atoms with Crippen LogP contribution in [0.4, 0.5) is 0 Å². The highest BCUT2D eigenvalue weighted by molar-refractivity contribution is 7.88. The summed E-state index contributed by atoms with van der Waals surface area (Å²) >= 11 is 0. The molecule has 0 bridgehead atoms. The van der Waals surface area contributed by atoms with Gasteiger partial charge >= 0.3 is 0 Å². The van der Waals surface area contributed by atoms with Crippen molar-refractivity contribution in [1.82, 2.24) is 14.2 Å². The van der Waals surface area contributed by atoms with Crippen molar-refractivity contribution >= 4 is 26.7 Å². The van der Waals surface area contributed by atoms with Gasteiger partial charge in [0.2, 0.25) is 15.9 Å². The van der Waals surface area contributed by atoms with Crippen molar-refractivity contribution in [3.8, 4) is 0 Å². The van der Waals surface area contributed by atoms with Crippen LogP contribution >= 0.6 is 0 Å². The molecule has 0 radical (unpaired) electrons. The summed E-state index contributed by atoms with van der Waals surface area (Å²) in [6.07, 6.45) is 4.31. The fourth-order valence-electron chi connectivity index (χ4n) is 3.26. The normalized spacial score (nSPS) is 16.1. The van der Waals surface area contributed by atoms with Crippen LogP contribution in [0.5, 0.6) is 0 Å². The highest BCUT2D eigenvalue weighted by Crippen LogP contribution is 2.17. The number of amides is 1. The number of hydrogen-bond donors (Lipinski definition) is 1. The number of nitrogens with one attached hydrogen (secondary N) is 1. The molecule has 1 aromatic heterocycles. The van der Waals surface area contributed by atoms with Crippen LogP contribution in [0.15, 0.2) is 41.3 Å². The Kier molecular flexibility index (Phi) is 5.43. The number of piperidine rings is 1. The molecule has 1 saturated heterocycles. The molecule has 0 unspecified atom stereocenters. The Bertz CT molecular complexity index is 960. The van der Waals surface area contributed by atoms with E-state index in [9.17, 15) is 18.0 Å². The van der Waals surface area contributed by atoms with E-state index in [1.54, 1.807) is 17.2 Å². The summed E-state index contributed by atoms with van der Waals surface area (Å²) in [6.45, 7) is 1.59. The summed E-state index contributed by atoms with van der Waals surface area (Å²) < 4.78 is 26.3. The minimum Gasteiger partial charge on any atom is -0.341 e. The van der Waals surface area contributed by atoms with Crippen LogP contribution in [0.25, 0.3) is 10.8 Å². The molecule has 1 aromatic carbocycles.